The summed E-state index contributed by atoms with van der Waals surface area (Å²) in [5, 5.41) is -0.603. The van der Waals surface area contributed by atoms with Crippen LogP contribution in [0, 0.1) is 0 Å². The van der Waals surface area contributed by atoms with Gasteiger partial charge in [0.05, 0.1) is 34.0 Å². The number of anilines is 1. The van der Waals surface area contributed by atoms with Crippen molar-refractivity contribution in [2.45, 2.75) is 19.1 Å². The smallest absolute Gasteiger partial charge is 0.244 e. The van der Waals surface area contributed by atoms with Gasteiger partial charge in [-0.2, -0.15) is 0 Å². The Hall–Kier alpha value is -3.13. The van der Waals surface area contributed by atoms with E-state index in [4.69, 9.17) is 5.73 Å². The van der Waals surface area contributed by atoms with Gasteiger partial charge in [0.25, 0.3) is 0 Å². The van der Waals surface area contributed by atoms with Crippen molar-refractivity contribution in [3.63, 3.8) is 0 Å². The molecule has 0 unspecified atom stereocenters. The summed E-state index contributed by atoms with van der Waals surface area (Å²) in [5.74, 6) is -0.0382. The number of nitrogens with two attached hydrogens (primary N) is 1. The lowest BCUT2D eigenvalue weighted by Crippen LogP contribution is -2.23. The first kappa shape index (κ1) is 17.3. The minimum Gasteiger partial charge on any atom is -0.368 e. The molecule has 2 aromatic heterocycles. The van der Waals surface area contributed by atoms with Crippen LogP contribution < -0.4 is 5.73 Å². The molecule has 0 amide bonds. The van der Waals surface area contributed by atoms with Crippen molar-refractivity contribution in [1.82, 2.24) is 18.9 Å². The molecule has 0 spiro atoms. The molecule has 0 radical (unpaired) electrons. The first-order valence-corrected chi connectivity index (χ1v) is 10.0. The average molecular weight is 381 g/mol. The molecule has 138 valence electrons. The summed E-state index contributed by atoms with van der Waals surface area (Å²) in [6.07, 6.45) is 1.64. The molecule has 4 rings (SSSR count). The van der Waals surface area contributed by atoms with Crippen molar-refractivity contribution < 1.29 is 8.42 Å². The van der Waals surface area contributed by atoms with E-state index in [-0.39, 0.29) is 5.95 Å². The second kappa shape index (κ2) is 6.24. The molecule has 0 aliphatic carbocycles. The number of nitrogen functional groups attached to an aromatic ring is 1. The standard InChI is InChI=1S/C19H19N5O2S/c1-12(2)27(25,26)24-16-9-8-14(10-15(16)23-19(24)20)18-17(21-11-22-18)13-6-4-3-5-7-13/h3-12H,1-2H3,(H2,20,23)(H,21,22). The molecular weight excluding hydrogens is 362 g/mol. The number of nitrogens with one attached hydrogen (secondary N) is 1. The minimum atomic E-state index is -3.60. The number of hydrogen-bond donors (Lipinski definition) is 2. The first-order chi connectivity index (χ1) is 12.9. The Kier molecular flexibility index (Phi) is 4.00. The van der Waals surface area contributed by atoms with Gasteiger partial charge in [-0.25, -0.2) is 22.4 Å². The van der Waals surface area contributed by atoms with E-state index < -0.39 is 15.3 Å². The van der Waals surface area contributed by atoms with E-state index >= 15 is 0 Å². The van der Waals surface area contributed by atoms with Gasteiger partial charge in [-0.1, -0.05) is 36.4 Å². The molecule has 0 saturated heterocycles. The Labute approximate surface area is 156 Å². The largest absolute Gasteiger partial charge is 0.368 e. The maximum Gasteiger partial charge on any atom is 0.244 e. The van der Waals surface area contributed by atoms with Crippen LogP contribution in [0.25, 0.3) is 33.5 Å². The van der Waals surface area contributed by atoms with Crippen molar-refractivity contribution in [2.75, 3.05) is 5.73 Å². The fourth-order valence-corrected chi connectivity index (χ4v) is 4.19. The summed E-state index contributed by atoms with van der Waals surface area (Å²) in [4.78, 5) is 11.8. The molecular formula is C19H19N5O2S. The fraction of sp³-hybridized carbons (Fsp3) is 0.158. The molecule has 3 N–H and O–H groups in total. The SMILES string of the molecule is CC(C)S(=O)(=O)n1c(N)nc2cc(-c3[nH]cnc3-c3ccccc3)ccc21. The summed E-state index contributed by atoms with van der Waals surface area (Å²) in [7, 11) is -3.60. The molecule has 4 aromatic rings. The third kappa shape index (κ3) is 2.78. The zero-order valence-electron chi connectivity index (χ0n) is 14.9. The van der Waals surface area contributed by atoms with Crippen molar-refractivity contribution >= 4 is 27.0 Å². The van der Waals surface area contributed by atoms with Gasteiger partial charge in [0, 0.05) is 11.1 Å². The number of aromatic nitrogens is 4. The van der Waals surface area contributed by atoms with E-state index in [0.717, 1.165) is 26.5 Å². The summed E-state index contributed by atoms with van der Waals surface area (Å²) < 4.78 is 26.3. The van der Waals surface area contributed by atoms with Gasteiger partial charge in [0.15, 0.2) is 0 Å². The maximum absolute atomic E-state index is 12.6. The predicted molar refractivity (Wildman–Crippen MR) is 107 cm³/mol. The molecule has 8 heteroatoms. The summed E-state index contributed by atoms with van der Waals surface area (Å²) >= 11 is 0. The highest BCUT2D eigenvalue weighted by molar-refractivity contribution is 7.90. The number of H-pyrrole nitrogens is 1. The van der Waals surface area contributed by atoms with Gasteiger partial charge < -0.3 is 10.7 Å². The molecule has 2 heterocycles. The minimum absolute atomic E-state index is 0.0382. The van der Waals surface area contributed by atoms with Gasteiger partial charge in [0.2, 0.25) is 16.0 Å². The van der Waals surface area contributed by atoms with Crippen LogP contribution in [0.3, 0.4) is 0 Å². The lowest BCUT2D eigenvalue weighted by molar-refractivity contribution is 0.580. The van der Waals surface area contributed by atoms with Gasteiger partial charge in [-0.3, -0.25) is 0 Å². The van der Waals surface area contributed by atoms with Gasteiger partial charge >= 0.3 is 0 Å². The van der Waals surface area contributed by atoms with Gasteiger partial charge in [0.1, 0.15) is 0 Å². The van der Waals surface area contributed by atoms with E-state index in [9.17, 15) is 8.42 Å². The van der Waals surface area contributed by atoms with Crippen molar-refractivity contribution in [3.8, 4) is 22.5 Å². The highest BCUT2D eigenvalue weighted by Gasteiger charge is 2.24. The van der Waals surface area contributed by atoms with Gasteiger partial charge in [-0.05, 0) is 26.0 Å². The van der Waals surface area contributed by atoms with Crippen LogP contribution in [0.4, 0.5) is 5.95 Å². The first-order valence-electron chi connectivity index (χ1n) is 8.51. The number of benzene rings is 2. The monoisotopic (exact) mass is 381 g/mol. The van der Waals surface area contributed by atoms with Crippen LogP contribution in [-0.4, -0.2) is 32.6 Å². The fourth-order valence-electron chi connectivity index (χ4n) is 3.04. The van der Waals surface area contributed by atoms with Crippen LogP contribution >= 0.6 is 0 Å². The van der Waals surface area contributed by atoms with Crippen LogP contribution in [0.2, 0.25) is 0 Å². The number of nitrogens with zero attached hydrogens (tertiary/aromatic N) is 3. The zero-order chi connectivity index (χ0) is 19.2. The van der Waals surface area contributed by atoms with Gasteiger partial charge in [-0.15, -0.1) is 0 Å². The Morgan fingerprint density at radius 1 is 1.07 bits per heavy atom. The van der Waals surface area contributed by atoms with E-state index in [2.05, 4.69) is 15.0 Å². The Morgan fingerprint density at radius 3 is 2.52 bits per heavy atom. The number of rotatable bonds is 4. The second-order valence-corrected chi connectivity index (χ2v) is 8.86. The molecule has 0 atom stereocenters. The molecule has 7 nitrogen and oxygen atoms in total. The summed E-state index contributed by atoms with van der Waals surface area (Å²) in [6, 6.07) is 15.2. The molecule has 0 bridgehead atoms. The third-order valence-electron chi connectivity index (χ3n) is 4.46. The van der Waals surface area contributed by atoms with E-state index in [1.807, 2.05) is 42.5 Å². The topological polar surface area (TPSA) is 107 Å². The highest BCUT2D eigenvalue weighted by atomic mass is 32.2. The lowest BCUT2D eigenvalue weighted by atomic mass is 10.0. The van der Waals surface area contributed by atoms with E-state index in [1.165, 1.54) is 0 Å². The van der Waals surface area contributed by atoms with Crippen molar-refractivity contribution in [1.29, 1.82) is 0 Å². The molecule has 0 fully saturated rings. The van der Waals surface area contributed by atoms with E-state index in [1.54, 1.807) is 26.2 Å². The number of hydrogen-bond acceptors (Lipinski definition) is 5. The Morgan fingerprint density at radius 2 is 1.81 bits per heavy atom. The normalized spacial score (nSPS) is 12.1. The summed E-state index contributed by atoms with van der Waals surface area (Å²) in [6.45, 7) is 3.23. The quantitative estimate of drug-likeness (QED) is 0.564. The third-order valence-corrected chi connectivity index (χ3v) is 6.55. The van der Waals surface area contributed by atoms with E-state index in [0.29, 0.717) is 11.0 Å². The average Bonchev–Trinajstić information content (AvgIpc) is 3.25. The van der Waals surface area contributed by atoms with Crippen LogP contribution in [0.5, 0.6) is 0 Å². The molecule has 0 saturated carbocycles. The number of aromatic amines is 1. The molecule has 27 heavy (non-hydrogen) atoms. The number of imidazole rings is 2. The molecule has 0 aliphatic heterocycles. The van der Waals surface area contributed by atoms with Crippen LogP contribution in [0.15, 0.2) is 54.9 Å². The molecule has 0 aliphatic rings. The highest BCUT2D eigenvalue weighted by Crippen LogP contribution is 2.32. The zero-order valence-corrected chi connectivity index (χ0v) is 15.7. The Bertz CT molecular complexity index is 1220. The van der Waals surface area contributed by atoms with Crippen molar-refractivity contribution in [3.05, 3.63) is 54.9 Å². The Balaban J connectivity index is 1.87. The van der Waals surface area contributed by atoms with Crippen LogP contribution in [0.1, 0.15) is 13.8 Å². The predicted octanol–water partition coefficient (Wildman–Crippen LogP) is 3.26. The lowest BCUT2D eigenvalue weighted by Gasteiger charge is -2.11. The second-order valence-electron chi connectivity index (χ2n) is 6.52. The van der Waals surface area contributed by atoms with Crippen LogP contribution in [-0.2, 0) is 10.0 Å². The van der Waals surface area contributed by atoms with Crippen molar-refractivity contribution in [2.24, 2.45) is 0 Å². The molecule has 2 aromatic carbocycles. The maximum atomic E-state index is 12.6. The summed E-state index contributed by atoms with van der Waals surface area (Å²) in [5.41, 5.74) is 10.4. The number of fused-ring (bicyclic) bond motifs is 1.